The number of carbonyl (C=O) groups excluding carboxylic acids is 1. The highest BCUT2D eigenvalue weighted by molar-refractivity contribution is 5.70. The van der Waals surface area contributed by atoms with Crippen molar-refractivity contribution in [2.24, 2.45) is 0 Å². The van der Waals surface area contributed by atoms with Crippen molar-refractivity contribution in [2.75, 3.05) is 19.8 Å². The molecule has 0 saturated carbocycles. The molecular formula is C10H20O6. The van der Waals surface area contributed by atoms with E-state index in [4.69, 9.17) is 14.6 Å². The number of rotatable bonds is 6. The monoisotopic (exact) mass is 236 g/mol. The molecule has 0 fully saturated rings. The predicted molar refractivity (Wildman–Crippen MR) is 57.0 cm³/mol. The second kappa shape index (κ2) is 11.9. The molecular weight excluding hydrogens is 216 g/mol. The standard InChI is InChI=1S/C6H12O4.C4H8O2/c1-3-9-6(5(7)8)10-4-2;1-3-6-4(2)5/h6H,3-4H2,1-2H3,(H,7,8);3H2,1-2H3. The number of hydrogen-bond donors (Lipinski definition) is 1. The molecule has 0 aromatic carbocycles. The summed E-state index contributed by atoms with van der Waals surface area (Å²) in [4.78, 5) is 20.1. The summed E-state index contributed by atoms with van der Waals surface area (Å²) in [5, 5.41) is 8.39. The van der Waals surface area contributed by atoms with Crippen LogP contribution < -0.4 is 0 Å². The Kier molecular flexibility index (Phi) is 12.9. The average molecular weight is 236 g/mol. The molecule has 0 rings (SSSR count). The molecule has 16 heavy (non-hydrogen) atoms. The fourth-order valence-corrected chi connectivity index (χ4v) is 0.697. The van der Waals surface area contributed by atoms with E-state index in [1.165, 1.54) is 6.92 Å². The first-order valence-corrected chi connectivity index (χ1v) is 5.08. The zero-order valence-corrected chi connectivity index (χ0v) is 10.2. The quantitative estimate of drug-likeness (QED) is 0.548. The Labute approximate surface area is 95.5 Å². The molecule has 0 spiro atoms. The average Bonchev–Trinajstić information content (AvgIpc) is 2.18. The van der Waals surface area contributed by atoms with Gasteiger partial charge in [0.25, 0.3) is 6.29 Å². The highest BCUT2D eigenvalue weighted by Gasteiger charge is 2.15. The van der Waals surface area contributed by atoms with Crippen LogP contribution in [-0.2, 0) is 23.8 Å². The van der Waals surface area contributed by atoms with Gasteiger partial charge in [-0.3, -0.25) is 4.79 Å². The lowest BCUT2D eigenvalue weighted by atomic mass is 10.6. The van der Waals surface area contributed by atoms with Gasteiger partial charge in [0.15, 0.2) is 0 Å². The first-order valence-electron chi connectivity index (χ1n) is 5.08. The Morgan fingerprint density at radius 1 is 1.06 bits per heavy atom. The van der Waals surface area contributed by atoms with Crippen molar-refractivity contribution in [3.63, 3.8) is 0 Å². The maximum absolute atomic E-state index is 10.2. The smallest absolute Gasteiger partial charge is 0.361 e. The summed E-state index contributed by atoms with van der Waals surface area (Å²) in [6.07, 6.45) is -1.10. The summed E-state index contributed by atoms with van der Waals surface area (Å²) >= 11 is 0. The van der Waals surface area contributed by atoms with Gasteiger partial charge in [-0.1, -0.05) is 0 Å². The molecule has 0 aromatic rings. The van der Waals surface area contributed by atoms with Crippen LogP contribution in [0.1, 0.15) is 27.7 Å². The summed E-state index contributed by atoms with van der Waals surface area (Å²) in [5.41, 5.74) is 0. The minimum atomic E-state index is -1.10. The van der Waals surface area contributed by atoms with E-state index in [9.17, 15) is 9.59 Å². The molecule has 0 heterocycles. The molecule has 96 valence electrons. The molecule has 0 saturated heterocycles. The molecule has 0 aromatic heterocycles. The lowest BCUT2D eigenvalue weighted by Gasteiger charge is -2.10. The number of hydrogen-bond acceptors (Lipinski definition) is 5. The zero-order valence-electron chi connectivity index (χ0n) is 10.2. The lowest BCUT2D eigenvalue weighted by molar-refractivity contribution is -0.187. The third kappa shape index (κ3) is 12.9. The molecule has 0 amide bonds. The van der Waals surface area contributed by atoms with E-state index in [0.717, 1.165) is 0 Å². The molecule has 0 unspecified atom stereocenters. The maximum atomic E-state index is 10.2. The summed E-state index contributed by atoms with van der Waals surface area (Å²) < 4.78 is 13.8. The lowest BCUT2D eigenvalue weighted by Crippen LogP contribution is -2.26. The van der Waals surface area contributed by atoms with Gasteiger partial charge in [0.05, 0.1) is 6.61 Å². The van der Waals surface area contributed by atoms with Crippen LogP contribution in [0.5, 0.6) is 0 Å². The van der Waals surface area contributed by atoms with E-state index in [1.807, 2.05) is 0 Å². The van der Waals surface area contributed by atoms with Crippen LogP contribution in [0.15, 0.2) is 0 Å². The predicted octanol–water partition coefficient (Wildman–Crippen LogP) is 1.04. The van der Waals surface area contributed by atoms with Crippen molar-refractivity contribution in [2.45, 2.75) is 34.0 Å². The van der Waals surface area contributed by atoms with Crippen molar-refractivity contribution >= 4 is 11.9 Å². The number of carbonyl (C=O) groups is 2. The molecule has 0 aliphatic rings. The van der Waals surface area contributed by atoms with Gasteiger partial charge in [-0.05, 0) is 20.8 Å². The summed E-state index contributed by atoms with van der Waals surface area (Å²) in [5.74, 6) is -1.29. The van der Waals surface area contributed by atoms with Crippen molar-refractivity contribution in [3.05, 3.63) is 0 Å². The number of ether oxygens (including phenoxy) is 3. The number of carboxylic acid groups (broad SMARTS) is 1. The molecule has 6 nitrogen and oxygen atoms in total. The Morgan fingerprint density at radius 3 is 1.62 bits per heavy atom. The Bertz CT molecular complexity index is 186. The van der Waals surface area contributed by atoms with E-state index >= 15 is 0 Å². The van der Waals surface area contributed by atoms with Crippen LogP contribution in [-0.4, -0.2) is 43.2 Å². The normalized spacial score (nSPS) is 9.31. The molecule has 1 N–H and O–H groups in total. The Morgan fingerprint density at radius 2 is 1.50 bits per heavy atom. The number of esters is 1. The number of aliphatic carboxylic acids is 1. The fraction of sp³-hybridized carbons (Fsp3) is 0.800. The Hall–Kier alpha value is -1.14. The number of carboxylic acids is 1. The van der Waals surface area contributed by atoms with Crippen molar-refractivity contribution < 1.29 is 28.9 Å². The topological polar surface area (TPSA) is 82.1 Å². The summed E-state index contributed by atoms with van der Waals surface area (Å²) in [6.45, 7) is 7.78. The Balaban J connectivity index is 0. The zero-order chi connectivity index (χ0) is 13.0. The van der Waals surface area contributed by atoms with Crippen molar-refractivity contribution in [1.29, 1.82) is 0 Å². The SMILES string of the molecule is CCOC(C)=O.CCOC(OCC)C(=O)O. The van der Waals surface area contributed by atoms with Gasteiger partial charge in [0.2, 0.25) is 0 Å². The summed E-state index contributed by atoms with van der Waals surface area (Å²) in [6, 6.07) is 0. The maximum Gasteiger partial charge on any atom is 0.361 e. The minimum absolute atomic E-state index is 0.211. The molecule has 0 bridgehead atoms. The molecule has 0 aliphatic heterocycles. The summed E-state index contributed by atoms with van der Waals surface area (Å²) in [7, 11) is 0. The van der Waals surface area contributed by atoms with Gasteiger partial charge >= 0.3 is 11.9 Å². The largest absolute Gasteiger partial charge is 0.477 e. The van der Waals surface area contributed by atoms with Crippen molar-refractivity contribution in [3.8, 4) is 0 Å². The second-order valence-corrected chi connectivity index (χ2v) is 2.51. The van der Waals surface area contributed by atoms with Crippen LogP contribution in [0.4, 0.5) is 0 Å². The van der Waals surface area contributed by atoms with E-state index in [0.29, 0.717) is 19.8 Å². The first-order chi connectivity index (χ1) is 7.49. The van der Waals surface area contributed by atoms with Crippen molar-refractivity contribution in [1.82, 2.24) is 0 Å². The minimum Gasteiger partial charge on any atom is -0.477 e. The van der Waals surface area contributed by atoms with Crippen LogP contribution in [0.25, 0.3) is 0 Å². The van der Waals surface area contributed by atoms with E-state index in [-0.39, 0.29) is 5.97 Å². The van der Waals surface area contributed by atoms with Crippen LogP contribution >= 0.6 is 0 Å². The van der Waals surface area contributed by atoms with Crippen LogP contribution in [0.3, 0.4) is 0 Å². The van der Waals surface area contributed by atoms with Gasteiger partial charge in [-0.2, -0.15) is 0 Å². The molecule has 0 aliphatic carbocycles. The van der Waals surface area contributed by atoms with E-state index in [1.54, 1.807) is 20.8 Å². The van der Waals surface area contributed by atoms with Gasteiger partial charge in [0, 0.05) is 20.1 Å². The highest BCUT2D eigenvalue weighted by Crippen LogP contribution is 1.93. The second-order valence-electron chi connectivity index (χ2n) is 2.51. The van der Waals surface area contributed by atoms with Crippen LogP contribution in [0.2, 0.25) is 0 Å². The van der Waals surface area contributed by atoms with Gasteiger partial charge in [-0.25, -0.2) is 4.79 Å². The van der Waals surface area contributed by atoms with Crippen LogP contribution in [0, 0.1) is 0 Å². The fourth-order valence-electron chi connectivity index (χ4n) is 0.697. The van der Waals surface area contributed by atoms with E-state index in [2.05, 4.69) is 4.74 Å². The van der Waals surface area contributed by atoms with E-state index < -0.39 is 12.3 Å². The third-order valence-electron chi connectivity index (χ3n) is 1.19. The van der Waals surface area contributed by atoms with Gasteiger partial charge in [-0.15, -0.1) is 0 Å². The first kappa shape index (κ1) is 17.3. The molecule has 0 radical (unpaired) electrons. The third-order valence-corrected chi connectivity index (χ3v) is 1.19. The van der Waals surface area contributed by atoms with Gasteiger partial charge in [0.1, 0.15) is 0 Å². The highest BCUT2D eigenvalue weighted by atomic mass is 16.7. The molecule has 0 atom stereocenters. The van der Waals surface area contributed by atoms with Gasteiger partial charge < -0.3 is 19.3 Å². The molecule has 6 heteroatoms.